The summed E-state index contributed by atoms with van der Waals surface area (Å²) in [6, 6.07) is 3.90. The zero-order valence-corrected chi connectivity index (χ0v) is 15.3. The predicted molar refractivity (Wildman–Crippen MR) is 95.9 cm³/mol. The number of hydrogen-bond donors (Lipinski definition) is 1. The van der Waals surface area contributed by atoms with Gasteiger partial charge in [-0.25, -0.2) is 4.79 Å². The van der Waals surface area contributed by atoms with Gasteiger partial charge in [-0.15, -0.1) is 0 Å². The van der Waals surface area contributed by atoms with Crippen molar-refractivity contribution in [2.45, 2.75) is 13.0 Å². The first-order valence-corrected chi connectivity index (χ1v) is 8.49. The van der Waals surface area contributed by atoms with Gasteiger partial charge in [-0.1, -0.05) is 0 Å². The molecule has 1 aromatic rings. The Labute approximate surface area is 156 Å². The molecule has 2 rings (SSSR count). The number of benzene rings is 1. The molecule has 27 heavy (non-hydrogen) atoms. The highest BCUT2D eigenvalue weighted by Crippen LogP contribution is 2.30. The van der Waals surface area contributed by atoms with Crippen LogP contribution in [-0.2, 0) is 19.0 Å². The third kappa shape index (κ3) is 5.90. The largest absolute Gasteiger partial charge is 0.452 e. The Kier molecular flexibility index (Phi) is 7.50. The van der Waals surface area contributed by atoms with Crippen LogP contribution in [0.4, 0.5) is 11.4 Å². The molecule has 1 amide bonds. The number of nitrogens with zero attached hydrogens (tertiary/aromatic N) is 2. The van der Waals surface area contributed by atoms with Crippen LogP contribution in [0.1, 0.15) is 17.3 Å². The fourth-order valence-electron chi connectivity index (χ4n) is 2.69. The average Bonchev–Trinajstić information content (AvgIpc) is 2.66. The van der Waals surface area contributed by atoms with Crippen molar-refractivity contribution in [3.05, 3.63) is 33.9 Å². The van der Waals surface area contributed by atoms with Gasteiger partial charge in [0, 0.05) is 32.3 Å². The normalized spacial score (nSPS) is 15.1. The Bertz CT molecular complexity index is 689. The zero-order chi connectivity index (χ0) is 19.8. The molecule has 0 saturated carbocycles. The van der Waals surface area contributed by atoms with Crippen LogP contribution in [0.2, 0.25) is 0 Å². The lowest BCUT2D eigenvalue weighted by atomic mass is 10.1. The SMILES string of the molecule is COCC(C)NC(=O)COC(=O)c1ccc(N2CCOCC2)c([N+](=O)[O-])c1. The maximum atomic E-state index is 12.1. The van der Waals surface area contributed by atoms with E-state index in [-0.39, 0.29) is 17.3 Å². The zero-order valence-electron chi connectivity index (χ0n) is 15.3. The molecule has 1 fully saturated rings. The highest BCUT2D eigenvalue weighted by molar-refractivity contribution is 5.93. The molecule has 0 aromatic heterocycles. The average molecular weight is 381 g/mol. The Balaban J connectivity index is 2.02. The lowest BCUT2D eigenvalue weighted by Gasteiger charge is -2.28. The number of esters is 1. The quantitative estimate of drug-likeness (QED) is 0.398. The van der Waals surface area contributed by atoms with Crippen LogP contribution in [0, 0.1) is 10.1 Å². The minimum absolute atomic E-state index is 0.0106. The van der Waals surface area contributed by atoms with E-state index < -0.39 is 23.4 Å². The van der Waals surface area contributed by atoms with Gasteiger partial charge in [0.1, 0.15) is 5.69 Å². The number of carbonyl (C=O) groups excluding carboxylic acids is 2. The van der Waals surface area contributed by atoms with Crippen LogP contribution in [0.25, 0.3) is 0 Å². The molecular weight excluding hydrogens is 358 g/mol. The number of carbonyl (C=O) groups is 2. The molecule has 1 aromatic carbocycles. The van der Waals surface area contributed by atoms with E-state index in [1.807, 2.05) is 4.90 Å². The van der Waals surface area contributed by atoms with Crippen molar-refractivity contribution in [3.8, 4) is 0 Å². The molecule has 148 valence electrons. The van der Waals surface area contributed by atoms with Crippen LogP contribution in [0.5, 0.6) is 0 Å². The summed E-state index contributed by atoms with van der Waals surface area (Å²) >= 11 is 0. The van der Waals surface area contributed by atoms with E-state index in [2.05, 4.69) is 5.32 Å². The molecule has 1 heterocycles. The maximum absolute atomic E-state index is 12.1. The molecule has 1 N–H and O–H groups in total. The van der Waals surface area contributed by atoms with Crippen molar-refractivity contribution < 1.29 is 28.7 Å². The van der Waals surface area contributed by atoms with E-state index in [9.17, 15) is 19.7 Å². The first-order chi connectivity index (χ1) is 12.9. The standard InChI is InChI=1S/C17H23N3O7/c1-12(10-25-2)18-16(21)11-27-17(22)13-3-4-14(15(9-13)20(23)24)19-5-7-26-8-6-19/h3-4,9,12H,5-8,10-11H2,1-2H3,(H,18,21). The summed E-state index contributed by atoms with van der Waals surface area (Å²) in [5.74, 6) is -1.28. The minimum Gasteiger partial charge on any atom is -0.452 e. The number of rotatable bonds is 8. The van der Waals surface area contributed by atoms with Gasteiger partial charge in [-0.05, 0) is 19.1 Å². The van der Waals surface area contributed by atoms with Gasteiger partial charge >= 0.3 is 5.97 Å². The van der Waals surface area contributed by atoms with Crippen molar-refractivity contribution in [2.24, 2.45) is 0 Å². The fraction of sp³-hybridized carbons (Fsp3) is 0.529. The lowest BCUT2D eigenvalue weighted by molar-refractivity contribution is -0.384. The lowest BCUT2D eigenvalue weighted by Crippen LogP contribution is -2.38. The van der Waals surface area contributed by atoms with Crippen LogP contribution in [-0.4, -0.2) is 69.5 Å². The van der Waals surface area contributed by atoms with E-state index in [1.165, 1.54) is 25.3 Å². The van der Waals surface area contributed by atoms with Gasteiger partial charge in [-0.2, -0.15) is 0 Å². The highest BCUT2D eigenvalue weighted by Gasteiger charge is 2.24. The Morgan fingerprint density at radius 2 is 2.07 bits per heavy atom. The highest BCUT2D eigenvalue weighted by atomic mass is 16.6. The van der Waals surface area contributed by atoms with Crippen molar-refractivity contribution >= 4 is 23.3 Å². The molecule has 1 aliphatic rings. The third-order valence-corrected chi connectivity index (χ3v) is 3.92. The summed E-state index contributed by atoms with van der Waals surface area (Å²) in [4.78, 5) is 36.6. The number of ether oxygens (including phenoxy) is 3. The summed E-state index contributed by atoms with van der Waals surface area (Å²) < 4.78 is 15.1. The van der Waals surface area contributed by atoms with E-state index in [0.29, 0.717) is 38.6 Å². The van der Waals surface area contributed by atoms with Gasteiger partial charge in [0.05, 0.1) is 30.3 Å². The van der Waals surface area contributed by atoms with Crippen LogP contribution >= 0.6 is 0 Å². The molecule has 1 saturated heterocycles. The van der Waals surface area contributed by atoms with E-state index >= 15 is 0 Å². The number of nitro groups is 1. The molecule has 1 atom stereocenters. The van der Waals surface area contributed by atoms with Crippen molar-refractivity contribution in [1.29, 1.82) is 0 Å². The second kappa shape index (κ2) is 9.83. The molecule has 1 aliphatic heterocycles. The summed E-state index contributed by atoms with van der Waals surface area (Å²) in [7, 11) is 1.51. The molecule has 0 aliphatic carbocycles. The number of methoxy groups -OCH3 is 1. The number of hydrogen-bond acceptors (Lipinski definition) is 8. The molecule has 1 unspecified atom stereocenters. The van der Waals surface area contributed by atoms with Crippen LogP contribution < -0.4 is 10.2 Å². The van der Waals surface area contributed by atoms with Gasteiger partial charge in [0.15, 0.2) is 6.61 Å². The minimum atomic E-state index is -0.804. The molecule has 0 radical (unpaired) electrons. The number of nitrogens with one attached hydrogen (secondary N) is 1. The van der Waals surface area contributed by atoms with Gasteiger partial charge < -0.3 is 24.4 Å². The van der Waals surface area contributed by atoms with Gasteiger partial charge in [-0.3, -0.25) is 14.9 Å². The van der Waals surface area contributed by atoms with Crippen LogP contribution in [0.15, 0.2) is 18.2 Å². The molecule has 10 nitrogen and oxygen atoms in total. The predicted octanol–water partition coefficient (Wildman–Crippen LogP) is 0.739. The maximum Gasteiger partial charge on any atom is 0.338 e. The van der Waals surface area contributed by atoms with Crippen molar-refractivity contribution in [3.63, 3.8) is 0 Å². The molecular formula is C17H23N3O7. The molecule has 0 spiro atoms. The van der Waals surface area contributed by atoms with Crippen molar-refractivity contribution in [2.75, 3.05) is 51.5 Å². The number of anilines is 1. The first kappa shape index (κ1) is 20.6. The number of morpholine rings is 1. The first-order valence-electron chi connectivity index (χ1n) is 8.49. The second-order valence-corrected chi connectivity index (χ2v) is 6.06. The second-order valence-electron chi connectivity index (χ2n) is 6.06. The number of nitro benzene ring substituents is 1. The van der Waals surface area contributed by atoms with Crippen LogP contribution in [0.3, 0.4) is 0 Å². The van der Waals surface area contributed by atoms with Gasteiger partial charge in [0.25, 0.3) is 11.6 Å². The Morgan fingerprint density at radius 1 is 1.37 bits per heavy atom. The van der Waals surface area contributed by atoms with E-state index in [1.54, 1.807) is 6.92 Å². The Morgan fingerprint density at radius 3 is 2.70 bits per heavy atom. The van der Waals surface area contributed by atoms with E-state index in [4.69, 9.17) is 14.2 Å². The monoisotopic (exact) mass is 381 g/mol. The summed E-state index contributed by atoms with van der Waals surface area (Å²) in [6.07, 6.45) is 0. The van der Waals surface area contributed by atoms with Crippen molar-refractivity contribution in [1.82, 2.24) is 5.32 Å². The smallest absolute Gasteiger partial charge is 0.338 e. The summed E-state index contributed by atoms with van der Waals surface area (Å²) in [5.41, 5.74) is 0.243. The molecule has 10 heteroatoms. The molecule has 0 bridgehead atoms. The van der Waals surface area contributed by atoms with E-state index in [0.717, 1.165) is 0 Å². The fourth-order valence-corrected chi connectivity index (χ4v) is 2.69. The third-order valence-electron chi connectivity index (χ3n) is 3.92. The topological polar surface area (TPSA) is 120 Å². The summed E-state index contributed by atoms with van der Waals surface area (Å²) in [5, 5.41) is 14.0. The summed E-state index contributed by atoms with van der Waals surface area (Å²) in [6.45, 7) is 3.63. The number of amides is 1. The van der Waals surface area contributed by atoms with Gasteiger partial charge in [0.2, 0.25) is 0 Å². The Hall–Kier alpha value is -2.72.